The molecule has 2 aliphatic carbocycles. The molecule has 0 radical (unpaired) electrons. The van der Waals surface area contributed by atoms with E-state index in [1.165, 1.54) is 12.8 Å². The van der Waals surface area contributed by atoms with E-state index in [0.29, 0.717) is 12.5 Å². The minimum absolute atomic E-state index is 0.409. The molecule has 2 fully saturated rings. The van der Waals surface area contributed by atoms with Crippen LogP contribution in [-0.2, 0) is 0 Å². The highest BCUT2D eigenvalue weighted by Crippen LogP contribution is 2.40. The van der Waals surface area contributed by atoms with Gasteiger partial charge in [0, 0.05) is 19.6 Å². The van der Waals surface area contributed by atoms with Gasteiger partial charge in [-0.1, -0.05) is 0 Å². The molecule has 82 valence electrons. The first-order valence-electron chi connectivity index (χ1n) is 5.75. The van der Waals surface area contributed by atoms with Gasteiger partial charge in [0.2, 0.25) is 0 Å². The standard InChI is InChI=1S/C11H22N2O/c1-13(6-9-2-3-9)8-11(14,7-12)10-4-5-10/h9-10,14H,2-8,12H2,1H3. The Morgan fingerprint density at radius 1 is 1.36 bits per heavy atom. The highest BCUT2D eigenvalue weighted by molar-refractivity contribution is 4.97. The monoisotopic (exact) mass is 198 g/mol. The molecule has 0 aromatic heterocycles. The molecule has 0 heterocycles. The average molecular weight is 198 g/mol. The molecule has 2 saturated carbocycles. The lowest BCUT2D eigenvalue weighted by atomic mass is 9.97. The second-order valence-corrected chi connectivity index (χ2v) is 5.22. The maximum Gasteiger partial charge on any atom is 0.0923 e. The summed E-state index contributed by atoms with van der Waals surface area (Å²) in [5.41, 5.74) is 5.06. The van der Waals surface area contributed by atoms with Gasteiger partial charge in [0.25, 0.3) is 0 Å². The van der Waals surface area contributed by atoms with E-state index in [2.05, 4.69) is 11.9 Å². The Kier molecular flexibility index (Phi) is 2.82. The largest absolute Gasteiger partial charge is 0.387 e. The summed E-state index contributed by atoms with van der Waals surface area (Å²) in [6, 6.07) is 0. The van der Waals surface area contributed by atoms with Gasteiger partial charge in [-0.25, -0.2) is 0 Å². The van der Waals surface area contributed by atoms with Crippen molar-refractivity contribution < 1.29 is 5.11 Å². The number of aliphatic hydroxyl groups is 1. The molecule has 0 aliphatic heterocycles. The molecule has 0 aromatic rings. The predicted molar refractivity (Wildman–Crippen MR) is 56.9 cm³/mol. The Hall–Kier alpha value is -0.120. The van der Waals surface area contributed by atoms with Gasteiger partial charge in [-0.05, 0) is 44.6 Å². The Labute approximate surface area is 86.3 Å². The fourth-order valence-electron chi connectivity index (χ4n) is 2.25. The van der Waals surface area contributed by atoms with Crippen LogP contribution in [0.2, 0.25) is 0 Å². The van der Waals surface area contributed by atoms with Gasteiger partial charge < -0.3 is 15.7 Å². The lowest BCUT2D eigenvalue weighted by Crippen LogP contribution is -2.49. The van der Waals surface area contributed by atoms with Crippen LogP contribution in [0.5, 0.6) is 0 Å². The molecule has 0 aromatic carbocycles. The zero-order valence-electron chi connectivity index (χ0n) is 9.08. The molecule has 3 N–H and O–H groups in total. The van der Waals surface area contributed by atoms with Crippen LogP contribution in [0.3, 0.4) is 0 Å². The van der Waals surface area contributed by atoms with Gasteiger partial charge in [0.1, 0.15) is 0 Å². The zero-order valence-corrected chi connectivity index (χ0v) is 9.08. The number of hydrogen-bond donors (Lipinski definition) is 2. The number of nitrogens with two attached hydrogens (primary N) is 1. The quantitative estimate of drug-likeness (QED) is 0.650. The minimum atomic E-state index is -0.607. The molecule has 1 unspecified atom stereocenters. The molecule has 1 atom stereocenters. The third-order valence-corrected chi connectivity index (χ3v) is 3.50. The van der Waals surface area contributed by atoms with E-state index in [1.54, 1.807) is 0 Å². The second-order valence-electron chi connectivity index (χ2n) is 5.22. The third kappa shape index (κ3) is 2.47. The fourth-order valence-corrected chi connectivity index (χ4v) is 2.25. The zero-order chi connectivity index (χ0) is 10.2. The van der Waals surface area contributed by atoms with Gasteiger partial charge >= 0.3 is 0 Å². The Balaban J connectivity index is 1.79. The molecule has 3 nitrogen and oxygen atoms in total. The van der Waals surface area contributed by atoms with Gasteiger partial charge in [0.15, 0.2) is 0 Å². The maximum absolute atomic E-state index is 10.3. The Morgan fingerprint density at radius 2 is 2.00 bits per heavy atom. The predicted octanol–water partition coefficient (Wildman–Crippen LogP) is 0.428. The van der Waals surface area contributed by atoms with E-state index in [0.717, 1.165) is 31.8 Å². The van der Waals surface area contributed by atoms with Crippen LogP contribution in [0, 0.1) is 11.8 Å². The molecule has 2 aliphatic rings. The van der Waals surface area contributed by atoms with Crippen LogP contribution in [0.1, 0.15) is 25.7 Å². The summed E-state index contributed by atoms with van der Waals surface area (Å²) in [5.74, 6) is 1.36. The SMILES string of the molecule is CN(CC1CC1)CC(O)(CN)C1CC1. The van der Waals surface area contributed by atoms with Crippen LogP contribution >= 0.6 is 0 Å². The molecular formula is C11H22N2O. The van der Waals surface area contributed by atoms with E-state index in [1.807, 2.05) is 0 Å². The lowest BCUT2D eigenvalue weighted by molar-refractivity contribution is -0.00290. The van der Waals surface area contributed by atoms with Crippen LogP contribution in [0.4, 0.5) is 0 Å². The number of hydrogen-bond acceptors (Lipinski definition) is 3. The van der Waals surface area contributed by atoms with E-state index in [9.17, 15) is 5.11 Å². The Morgan fingerprint density at radius 3 is 2.43 bits per heavy atom. The second kappa shape index (κ2) is 3.80. The van der Waals surface area contributed by atoms with Crippen LogP contribution in [-0.4, -0.2) is 42.3 Å². The van der Waals surface area contributed by atoms with E-state index in [-0.39, 0.29) is 0 Å². The number of rotatable bonds is 6. The first-order valence-corrected chi connectivity index (χ1v) is 5.75. The molecule has 0 amide bonds. The molecule has 0 saturated heterocycles. The van der Waals surface area contributed by atoms with E-state index < -0.39 is 5.60 Å². The lowest BCUT2D eigenvalue weighted by Gasteiger charge is -2.31. The highest BCUT2D eigenvalue weighted by Gasteiger charge is 2.43. The molecule has 0 bridgehead atoms. The smallest absolute Gasteiger partial charge is 0.0923 e. The number of nitrogens with zero attached hydrogens (tertiary/aromatic N) is 1. The van der Waals surface area contributed by atoms with Gasteiger partial charge in [-0.3, -0.25) is 0 Å². The topological polar surface area (TPSA) is 49.5 Å². The average Bonchev–Trinajstić information content (AvgIpc) is 2.96. The van der Waals surface area contributed by atoms with Gasteiger partial charge in [-0.2, -0.15) is 0 Å². The van der Waals surface area contributed by atoms with Crippen molar-refractivity contribution in [2.75, 3.05) is 26.7 Å². The van der Waals surface area contributed by atoms with Crippen molar-refractivity contribution in [1.29, 1.82) is 0 Å². The van der Waals surface area contributed by atoms with E-state index >= 15 is 0 Å². The highest BCUT2D eigenvalue weighted by atomic mass is 16.3. The van der Waals surface area contributed by atoms with Crippen molar-refractivity contribution in [1.82, 2.24) is 4.90 Å². The first-order chi connectivity index (χ1) is 6.64. The third-order valence-electron chi connectivity index (χ3n) is 3.50. The Bertz CT molecular complexity index is 201. The van der Waals surface area contributed by atoms with Crippen LogP contribution < -0.4 is 5.73 Å². The summed E-state index contributed by atoms with van der Waals surface area (Å²) in [4.78, 5) is 2.25. The normalized spacial score (nSPS) is 26.6. The summed E-state index contributed by atoms with van der Waals surface area (Å²) in [6.45, 7) is 2.30. The van der Waals surface area contributed by atoms with Crippen LogP contribution in [0.15, 0.2) is 0 Å². The van der Waals surface area contributed by atoms with Crippen molar-refractivity contribution in [3.63, 3.8) is 0 Å². The van der Waals surface area contributed by atoms with Gasteiger partial charge in [-0.15, -0.1) is 0 Å². The summed E-state index contributed by atoms with van der Waals surface area (Å²) >= 11 is 0. The summed E-state index contributed by atoms with van der Waals surface area (Å²) < 4.78 is 0. The molecular weight excluding hydrogens is 176 g/mol. The van der Waals surface area contributed by atoms with Crippen molar-refractivity contribution in [2.24, 2.45) is 17.6 Å². The van der Waals surface area contributed by atoms with Crippen LogP contribution in [0.25, 0.3) is 0 Å². The minimum Gasteiger partial charge on any atom is -0.387 e. The summed E-state index contributed by atoms with van der Waals surface area (Å²) in [5, 5.41) is 10.3. The van der Waals surface area contributed by atoms with Crippen molar-refractivity contribution in [3.05, 3.63) is 0 Å². The van der Waals surface area contributed by atoms with Crippen molar-refractivity contribution >= 4 is 0 Å². The summed E-state index contributed by atoms with van der Waals surface area (Å²) in [6.07, 6.45) is 5.06. The molecule has 0 spiro atoms. The van der Waals surface area contributed by atoms with Gasteiger partial charge in [0.05, 0.1) is 5.60 Å². The molecule has 3 heteroatoms. The van der Waals surface area contributed by atoms with Crippen molar-refractivity contribution in [3.8, 4) is 0 Å². The fraction of sp³-hybridized carbons (Fsp3) is 1.00. The first kappa shape index (κ1) is 10.4. The van der Waals surface area contributed by atoms with E-state index in [4.69, 9.17) is 5.73 Å². The maximum atomic E-state index is 10.3. The molecule has 14 heavy (non-hydrogen) atoms. The summed E-state index contributed by atoms with van der Waals surface area (Å²) in [7, 11) is 2.10. The number of likely N-dealkylation sites (N-methyl/N-ethyl adjacent to an activating group) is 1. The molecule has 2 rings (SSSR count). The van der Waals surface area contributed by atoms with Crippen molar-refractivity contribution in [2.45, 2.75) is 31.3 Å².